The molecule has 0 fully saturated rings. The SMILES string of the molecule is CCCC(=O)Nc1ccc(NC(=S)NC(=O)c2cccc(Br)c2)cc1. The highest BCUT2D eigenvalue weighted by Gasteiger charge is 2.08. The molecular weight excluding hydrogens is 402 g/mol. The Morgan fingerprint density at radius 1 is 1.04 bits per heavy atom. The fraction of sp³-hybridized carbons (Fsp3) is 0.167. The van der Waals surface area contributed by atoms with E-state index in [0.717, 1.165) is 10.9 Å². The Morgan fingerprint density at radius 3 is 2.28 bits per heavy atom. The molecule has 0 saturated carbocycles. The standard InChI is InChI=1S/C18H18BrN3O2S/c1-2-4-16(23)20-14-7-9-15(10-8-14)21-18(25)22-17(24)12-5-3-6-13(19)11-12/h3,5-11H,2,4H2,1H3,(H,20,23)(H2,21,22,24,25). The fourth-order valence-corrected chi connectivity index (χ4v) is 2.66. The van der Waals surface area contributed by atoms with Gasteiger partial charge in [0.1, 0.15) is 0 Å². The summed E-state index contributed by atoms with van der Waals surface area (Å²) in [7, 11) is 0. The molecule has 0 unspecified atom stereocenters. The van der Waals surface area contributed by atoms with Crippen LogP contribution in [0, 0.1) is 0 Å². The lowest BCUT2D eigenvalue weighted by molar-refractivity contribution is -0.116. The molecule has 0 aliphatic heterocycles. The molecule has 3 N–H and O–H groups in total. The molecule has 0 bridgehead atoms. The Bertz CT molecular complexity index is 778. The van der Waals surface area contributed by atoms with Crippen LogP contribution in [0.3, 0.4) is 0 Å². The van der Waals surface area contributed by atoms with Gasteiger partial charge in [0.2, 0.25) is 5.91 Å². The van der Waals surface area contributed by atoms with Crippen molar-refractivity contribution in [1.82, 2.24) is 5.32 Å². The molecule has 25 heavy (non-hydrogen) atoms. The van der Waals surface area contributed by atoms with E-state index in [0.29, 0.717) is 23.4 Å². The molecule has 0 aliphatic rings. The number of nitrogens with one attached hydrogen (secondary N) is 3. The van der Waals surface area contributed by atoms with Crippen LogP contribution in [0.5, 0.6) is 0 Å². The van der Waals surface area contributed by atoms with Gasteiger partial charge < -0.3 is 10.6 Å². The summed E-state index contributed by atoms with van der Waals surface area (Å²) < 4.78 is 0.819. The van der Waals surface area contributed by atoms with E-state index in [4.69, 9.17) is 12.2 Å². The third-order valence-corrected chi connectivity index (χ3v) is 3.91. The Kier molecular flexibility index (Phi) is 7.09. The predicted molar refractivity (Wildman–Crippen MR) is 108 cm³/mol. The number of hydrogen-bond donors (Lipinski definition) is 3. The summed E-state index contributed by atoms with van der Waals surface area (Å²) in [5, 5.41) is 8.57. The van der Waals surface area contributed by atoms with Crippen molar-refractivity contribution < 1.29 is 9.59 Å². The van der Waals surface area contributed by atoms with Gasteiger partial charge in [-0.15, -0.1) is 0 Å². The zero-order chi connectivity index (χ0) is 18.2. The molecular formula is C18H18BrN3O2S. The molecule has 0 saturated heterocycles. The Morgan fingerprint density at radius 2 is 1.68 bits per heavy atom. The van der Waals surface area contributed by atoms with Crippen molar-refractivity contribution in [3.63, 3.8) is 0 Å². The molecule has 0 atom stereocenters. The predicted octanol–water partition coefficient (Wildman–Crippen LogP) is 4.31. The number of halogens is 1. The summed E-state index contributed by atoms with van der Waals surface area (Å²) in [5.41, 5.74) is 1.94. The van der Waals surface area contributed by atoms with Crippen LogP contribution in [0.25, 0.3) is 0 Å². The number of thiocarbonyl (C=S) groups is 1. The largest absolute Gasteiger partial charge is 0.332 e. The summed E-state index contributed by atoms with van der Waals surface area (Å²) in [6.45, 7) is 1.95. The van der Waals surface area contributed by atoms with E-state index in [1.165, 1.54) is 0 Å². The number of rotatable bonds is 5. The smallest absolute Gasteiger partial charge is 0.257 e. The second kappa shape index (κ2) is 9.29. The fourth-order valence-electron chi connectivity index (χ4n) is 2.05. The Labute approximate surface area is 160 Å². The van der Waals surface area contributed by atoms with Gasteiger partial charge in [-0.1, -0.05) is 28.9 Å². The van der Waals surface area contributed by atoms with E-state index in [1.54, 1.807) is 42.5 Å². The molecule has 7 heteroatoms. The van der Waals surface area contributed by atoms with Crippen LogP contribution in [0.15, 0.2) is 53.0 Å². The maximum absolute atomic E-state index is 12.1. The number of benzene rings is 2. The molecule has 0 radical (unpaired) electrons. The number of carbonyl (C=O) groups excluding carboxylic acids is 2. The first-order chi connectivity index (χ1) is 12.0. The van der Waals surface area contributed by atoms with Gasteiger partial charge in [-0.3, -0.25) is 14.9 Å². The van der Waals surface area contributed by atoms with Crippen LogP contribution in [-0.2, 0) is 4.79 Å². The minimum atomic E-state index is -0.290. The van der Waals surface area contributed by atoms with Crippen molar-refractivity contribution in [3.05, 3.63) is 58.6 Å². The molecule has 2 aromatic rings. The average molecular weight is 420 g/mol. The van der Waals surface area contributed by atoms with Crippen molar-refractivity contribution in [2.75, 3.05) is 10.6 Å². The van der Waals surface area contributed by atoms with Crippen LogP contribution in [-0.4, -0.2) is 16.9 Å². The van der Waals surface area contributed by atoms with Crippen molar-refractivity contribution in [3.8, 4) is 0 Å². The van der Waals surface area contributed by atoms with Crippen LogP contribution in [0.1, 0.15) is 30.1 Å². The maximum Gasteiger partial charge on any atom is 0.257 e. The quantitative estimate of drug-likeness (QED) is 0.631. The van der Waals surface area contributed by atoms with E-state index >= 15 is 0 Å². The second-order valence-corrected chi connectivity index (χ2v) is 6.62. The minimum absolute atomic E-state index is 0.0139. The first-order valence-electron chi connectivity index (χ1n) is 7.75. The zero-order valence-corrected chi connectivity index (χ0v) is 16.0. The lowest BCUT2D eigenvalue weighted by Gasteiger charge is -2.11. The van der Waals surface area contributed by atoms with Gasteiger partial charge in [0.05, 0.1) is 0 Å². The number of carbonyl (C=O) groups is 2. The molecule has 2 rings (SSSR count). The highest BCUT2D eigenvalue weighted by Crippen LogP contribution is 2.14. The minimum Gasteiger partial charge on any atom is -0.332 e. The third kappa shape index (κ3) is 6.28. The highest BCUT2D eigenvalue weighted by atomic mass is 79.9. The second-order valence-electron chi connectivity index (χ2n) is 5.29. The van der Waals surface area contributed by atoms with Crippen LogP contribution in [0.2, 0.25) is 0 Å². The third-order valence-electron chi connectivity index (χ3n) is 3.22. The number of amides is 2. The molecule has 5 nitrogen and oxygen atoms in total. The molecule has 2 amide bonds. The lowest BCUT2D eigenvalue weighted by atomic mass is 10.2. The first kappa shape index (κ1) is 19.1. The molecule has 130 valence electrons. The average Bonchev–Trinajstić information content (AvgIpc) is 2.56. The summed E-state index contributed by atoms with van der Waals surface area (Å²) in [6.07, 6.45) is 1.29. The molecule has 0 spiro atoms. The van der Waals surface area contributed by atoms with E-state index in [-0.39, 0.29) is 16.9 Å². The summed E-state index contributed by atoms with van der Waals surface area (Å²) in [6, 6.07) is 14.1. The summed E-state index contributed by atoms with van der Waals surface area (Å²) in [5.74, 6) is -0.303. The monoisotopic (exact) mass is 419 g/mol. The van der Waals surface area contributed by atoms with Crippen LogP contribution < -0.4 is 16.0 Å². The normalized spacial score (nSPS) is 10.0. The van der Waals surface area contributed by atoms with E-state index in [9.17, 15) is 9.59 Å². The zero-order valence-electron chi connectivity index (χ0n) is 13.6. The van der Waals surface area contributed by atoms with Gasteiger partial charge in [0, 0.05) is 27.8 Å². The number of anilines is 2. The Hall–Kier alpha value is -2.25. The van der Waals surface area contributed by atoms with Crippen molar-refractivity contribution >= 4 is 56.4 Å². The van der Waals surface area contributed by atoms with Gasteiger partial charge in [-0.05, 0) is 61.1 Å². The van der Waals surface area contributed by atoms with Crippen molar-refractivity contribution in [2.45, 2.75) is 19.8 Å². The van der Waals surface area contributed by atoms with Gasteiger partial charge in [0.15, 0.2) is 5.11 Å². The molecule has 0 aliphatic carbocycles. The number of hydrogen-bond acceptors (Lipinski definition) is 3. The molecule has 0 heterocycles. The lowest BCUT2D eigenvalue weighted by Crippen LogP contribution is -2.34. The van der Waals surface area contributed by atoms with Crippen molar-refractivity contribution in [2.24, 2.45) is 0 Å². The first-order valence-corrected chi connectivity index (χ1v) is 8.96. The van der Waals surface area contributed by atoms with Crippen LogP contribution in [0.4, 0.5) is 11.4 Å². The highest BCUT2D eigenvalue weighted by molar-refractivity contribution is 9.10. The Balaban J connectivity index is 1.90. The van der Waals surface area contributed by atoms with Crippen molar-refractivity contribution in [1.29, 1.82) is 0 Å². The van der Waals surface area contributed by atoms with Gasteiger partial charge in [-0.25, -0.2) is 0 Å². The summed E-state index contributed by atoms with van der Waals surface area (Å²) >= 11 is 8.48. The molecule has 2 aromatic carbocycles. The van der Waals surface area contributed by atoms with Gasteiger partial charge >= 0.3 is 0 Å². The summed E-state index contributed by atoms with van der Waals surface area (Å²) in [4.78, 5) is 23.7. The maximum atomic E-state index is 12.1. The molecule has 0 aromatic heterocycles. The topological polar surface area (TPSA) is 70.2 Å². The van der Waals surface area contributed by atoms with Crippen LogP contribution >= 0.6 is 28.1 Å². The van der Waals surface area contributed by atoms with Gasteiger partial charge in [0.25, 0.3) is 5.91 Å². The van der Waals surface area contributed by atoms with E-state index in [1.807, 2.05) is 13.0 Å². The van der Waals surface area contributed by atoms with Gasteiger partial charge in [-0.2, -0.15) is 0 Å². The van der Waals surface area contributed by atoms with E-state index < -0.39 is 0 Å². The van der Waals surface area contributed by atoms with E-state index in [2.05, 4.69) is 31.9 Å².